The molecule has 1 unspecified atom stereocenters. The zero-order valence-corrected chi connectivity index (χ0v) is 7.84. The minimum Gasteiger partial charge on any atom is -0.477 e. The van der Waals surface area contributed by atoms with Gasteiger partial charge in [-0.2, -0.15) is 0 Å². The van der Waals surface area contributed by atoms with E-state index in [4.69, 9.17) is 4.74 Å². The zero-order valence-electron chi connectivity index (χ0n) is 7.84. The lowest BCUT2D eigenvalue weighted by Crippen LogP contribution is -2.07. The van der Waals surface area contributed by atoms with Crippen molar-refractivity contribution in [2.45, 2.75) is 19.3 Å². The summed E-state index contributed by atoms with van der Waals surface area (Å²) in [5, 5.41) is 0. The van der Waals surface area contributed by atoms with Crippen molar-refractivity contribution in [2.75, 3.05) is 6.61 Å². The number of rotatable bonds is 3. The van der Waals surface area contributed by atoms with Gasteiger partial charge in [0.25, 0.3) is 5.92 Å². The molecule has 1 aromatic heterocycles. The first-order valence-corrected chi connectivity index (χ1v) is 4.52. The molecule has 1 aliphatic carbocycles. The molecule has 0 aromatic carbocycles. The average molecular weight is 199 g/mol. The molecule has 0 bridgehead atoms. The molecule has 14 heavy (non-hydrogen) atoms. The van der Waals surface area contributed by atoms with Crippen molar-refractivity contribution in [1.29, 1.82) is 0 Å². The van der Waals surface area contributed by atoms with Crippen LogP contribution >= 0.6 is 0 Å². The van der Waals surface area contributed by atoms with Crippen LogP contribution in [0.4, 0.5) is 8.78 Å². The Labute approximate surface area is 80.9 Å². The Morgan fingerprint density at radius 3 is 2.93 bits per heavy atom. The first-order chi connectivity index (χ1) is 6.59. The van der Waals surface area contributed by atoms with Crippen molar-refractivity contribution in [3.63, 3.8) is 0 Å². The lowest BCUT2D eigenvalue weighted by atomic mass is 10.3. The van der Waals surface area contributed by atoms with E-state index in [1.165, 1.54) is 0 Å². The first-order valence-electron chi connectivity index (χ1n) is 4.52. The predicted octanol–water partition coefficient (Wildman–Crippen LogP) is 2.42. The molecular formula is C10H11F2NO. The van der Waals surface area contributed by atoms with E-state index in [-0.39, 0.29) is 13.0 Å². The molecule has 0 saturated heterocycles. The minimum atomic E-state index is -2.51. The summed E-state index contributed by atoms with van der Waals surface area (Å²) in [6, 6.07) is 3.63. The maximum absolute atomic E-state index is 12.5. The van der Waals surface area contributed by atoms with Gasteiger partial charge in [0.2, 0.25) is 5.88 Å². The summed E-state index contributed by atoms with van der Waals surface area (Å²) in [6.45, 7) is 1.90. The molecule has 0 N–H and O–H groups in total. The van der Waals surface area contributed by atoms with Crippen molar-refractivity contribution >= 4 is 0 Å². The third kappa shape index (κ3) is 1.84. The van der Waals surface area contributed by atoms with Crippen molar-refractivity contribution in [3.8, 4) is 5.88 Å². The van der Waals surface area contributed by atoms with E-state index in [9.17, 15) is 8.78 Å². The Hall–Kier alpha value is -1.19. The predicted molar refractivity (Wildman–Crippen MR) is 47.5 cm³/mol. The van der Waals surface area contributed by atoms with Crippen molar-refractivity contribution < 1.29 is 13.5 Å². The smallest absolute Gasteiger partial charge is 0.255 e. The molecule has 4 heteroatoms. The monoisotopic (exact) mass is 199 g/mol. The van der Waals surface area contributed by atoms with Crippen molar-refractivity contribution in [1.82, 2.24) is 4.98 Å². The molecule has 2 rings (SSSR count). The van der Waals surface area contributed by atoms with Gasteiger partial charge in [-0.15, -0.1) is 0 Å². The van der Waals surface area contributed by atoms with Crippen LogP contribution in [-0.2, 0) is 0 Å². The van der Waals surface area contributed by atoms with Crippen LogP contribution in [0.5, 0.6) is 5.88 Å². The Morgan fingerprint density at radius 1 is 1.64 bits per heavy atom. The lowest BCUT2D eigenvalue weighted by molar-refractivity contribution is 0.0848. The SMILES string of the molecule is Cc1cccnc1OCC1CC1(F)F. The maximum Gasteiger partial charge on any atom is 0.255 e. The molecule has 0 spiro atoms. The van der Waals surface area contributed by atoms with E-state index in [2.05, 4.69) is 4.98 Å². The molecule has 1 atom stereocenters. The second-order valence-corrected chi connectivity index (χ2v) is 3.60. The van der Waals surface area contributed by atoms with Crippen LogP contribution in [0, 0.1) is 12.8 Å². The second kappa shape index (κ2) is 3.19. The van der Waals surface area contributed by atoms with E-state index >= 15 is 0 Å². The fourth-order valence-corrected chi connectivity index (χ4v) is 1.25. The fourth-order valence-electron chi connectivity index (χ4n) is 1.25. The molecule has 0 radical (unpaired) electrons. The molecule has 0 amide bonds. The highest BCUT2D eigenvalue weighted by atomic mass is 19.3. The van der Waals surface area contributed by atoms with Crippen LogP contribution < -0.4 is 4.74 Å². The second-order valence-electron chi connectivity index (χ2n) is 3.60. The highest BCUT2D eigenvalue weighted by Crippen LogP contribution is 2.48. The summed E-state index contributed by atoms with van der Waals surface area (Å²) in [6.07, 6.45) is 1.53. The first kappa shape index (κ1) is 9.37. The van der Waals surface area contributed by atoms with Gasteiger partial charge in [-0.3, -0.25) is 0 Å². The highest BCUT2D eigenvalue weighted by Gasteiger charge is 2.57. The number of ether oxygens (including phenoxy) is 1. The Morgan fingerprint density at radius 2 is 2.36 bits per heavy atom. The van der Waals surface area contributed by atoms with Crippen LogP contribution in [-0.4, -0.2) is 17.5 Å². The summed E-state index contributed by atoms with van der Waals surface area (Å²) in [5.41, 5.74) is 0.872. The molecule has 76 valence electrons. The molecule has 1 heterocycles. The van der Waals surface area contributed by atoms with Gasteiger partial charge in [-0.25, -0.2) is 13.8 Å². The van der Waals surface area contributed by atoms with Crippen LogP contribution in [0.3, 0.4) is 0 Å². The molecule has 0 aliphatic heterocycles. The molecule has 1 aliphatic rings. The largest absolute Gasteiger partial charge is 0.477 e. The van der Waals surface area contributed by atoms with Crippen LogP contribution in [0.25, 0.3) is 0 Å². The number of hydrogen-bond donors (Lipinski definition) is 0. The molecule has 1 fully saturated rings. The standard InChI is InChI=1S/C10H11F2NO/c1-7-3-2-4-13-9(7)14-6-8-5-10(8,11)12/h2-4,8H,5-6H2,1H3. The van der Waals surface area contributed by atoms with E-state index in [0.29, 0.717) is 5.88 Å². The van der Waals surface area contributed by atoms with E-state index in [1.54, 1.807) is 12.3 Å². The lowest BCUT2D eigenvalue weighted by Gasteiger charge is -2.06. The molecule has 2 nitrogen and oxygen atoms in total. The number of pyridine rings is 1. The number of aryl methyl sites for hydroxylation is 1. The molecule has 1 saturated carbocycles. The summed E-state index contributed by atoms with van der Waals surface area (Å²) >= 11 is 0. The molecule has 1 aromatic rings. The van der Waals surface area contributed by atoms with E-state index in [1.807, 2.05) is 13.0 Å². The minimum absolute atomic E-state index is 0.0567. The summed E-state index contributed by atoms with van der Waals surface area (Å²) in [5.74, 6) is -2.68. The number of halogens is 2. The number of aromatic nitrogens is 1. The number of nitrogens with zero attached hydrogens (tertiary/aromatic N) is 1. The van der Waals surface area contributed by atoms with Crippen LogP contribution in [0.1, 0.15) is 12.0 Å². The quantitative estimate of drug-likeness (QED) is 0.745. The molecular weight excluding hydrogens is 188 g/mol. The zero-order chi connectivity index (χ0) is 10.2. The summed E-state index contributed by atoms with van der Waals surface area (Å²) in [7, 11) is 0. The number of hydrogen-bond acceptors (Lipinski definition) is 2. The van der Waals surface area contributed by atoms with Crippen molar-refractivity contribution in [3.05, 3.63) is 23.9 Å². The highest BCUT2D eigenvalue weighted by molar-refractivity contribution is 5.23. The summed E-state index contributed by atoms with van der Waals surface area (Å²) < 4.78 is 30.2. The van der Waals surface area contributed by atoms with Gasteiger partial charge in [0.15, 0.2) is 0 Å². The fraction of sp³-hybridized carbons (Fsp3) is 0.500. The van der Waals surface area contributed by atoms with Gasteiger partial charge in [-0.1, -0.05) is 6.07 Å². The third-order valence-corrected chi connectivity index (χ3v) is 2.34. The Balaban J connectivity index is 1.90. The average Bonchev–Trinajstić information content (AvgIpc) is 2.73. The van der Waals surface area contributed by atoms with Gasteiger partial charge >= 0.3 is 0 Å². The number of alkyl halides is 2. The maximum atomic E-state index is 12.5. The van der Waals surface area contributed by atoms with Crippen LogP contribution in [0.2, 0.25) is 0 Å². The third-order valence-electron chi connectivity index (χ3n) is 2.34. The van der Waals surface area contributed by atoms with Gasteiger partial charge in [0.05, 0.1) is 12.5 Å². The topological polar surface area (TPSA) is 22.1 Å². The van der Waals surface area contributed by atoms with Crippen molar-refractivity contribution in [2.24, 2.45) is 5.92 Å². The normalized spacial score (nSPS) is 23.2. The van der Waals surface area contributed by atoms with Crippen LogP contribution in [0.15, 0.2) is 18.3 Å². The van der Waals surface area contributed by atoms with E-state index < -0.39 is 11.8 Å². The summed E-state index contributed by atoms with van der Waals surface area (Å²) in [4.78, 5) is 3.96. The van der Waals surface area contributed by atoms with Gasteiger partial charge in [-0.05, 0) is 13.0 Å². The van der Waals surface area contributed by atoms with Gasteiger partial charge in [0, 0.05) is 18.2 Å². The Kier molecular flexibility index (Phi) is 2.13. The Bertz CT molecular complexity index is 341. The van der Waals surface area contributed by atoms with Gasteiger partial charge < -0.3 is 4.74 Å². The van der Waals surface area contributed by atoms with E-state index in [0.717, 1.165) is 5.56 Å². The van der Waals surface area contributed by atoms with Gasteiger partial charge in [0.1, 0.15) is 0 Å².